The number of hydrogen-bond donors (Lipinski definition) is 3. The van der Waals surface area contributed by atoms with Crippen LogP contribution in [0.1, 0.15) is 62.9 Å². The molecule has 0 bridgehead atoms. The van der Waals surface area contributed by atoms with Crippen molar-refractivity contribution in [3.05, 3.63) is 142 Å². The maximum atomic E-state index is 13.7. The Balaban J connectivity index is 1.14. The molecule has 0 atom stereocenters. The summed E-state index contributed by atoms with van der Waals surface area (Å²) in [6.07, 6.45) is 6.52. The van der Waals surface area contributed by atoms with E-state index in [2.05, 4.69) is 16.0 Å². The van der Waals surface area contributed by atoms with E-state index in [0.29, 0.717) is 21.8 Å². The summed E-state index contributed by atoms with van der Waals surface area (Å²) in [7, 11) is 0. The number of esters is 1. The average molecular weight is 730 g/mol. The van der Waals surface area contributed by atoms with Crippen molar-refractivity contribution in [3.63, 3.8) is 0 Å². The van der Waals surface area contributed by atoms with Crippen molar-refractivity contribution in [2.75, 3.05) is 23.0 Å². The first-order chi connectivity index (χ1) is 25.4. The molecule has 0 radical (unpaired) electrons. The molecule has 0 saturated heterocycles. The monoisotopic (exact) mass is 729 g/mol. The van der Waals surface area contributed by atoms with E-state index < -0.39 is 17.8 Å². The van der Waals surface area contributed by atoms with Crippen molar-refractivity contribution in [1.82, 2.24) is 5.32 Å². The molecule has 6 rings (SSSR count). The standard InChI is InChI=1S/C42H39N3O5S2/c1-2-50-42(49)38-34-19-10-5-11-20-36(34)52-41(38)45-37(46)27-51-33-18-12-17-32(26-33)43-40(48)35(44-39(47)31-15-8-4-9-16-31)25-28-21-23-30(24-22-28)29-13-6-3-7-14-29/h3-4,6-9,12-18,21-26H,2,5,10-11,19-20,27H2,1H3,(H,43,48)(H,44,47)(H,45,46)/b35-25+. The van der Waals surface area contributed by atoms with Crippen molar-refractivity contribution in [2.45, 2.75) is 43.9 Å². The number of fused-ring (bicyclic) bond motifs is 1. The highest BCUT2D eigenvalue weighted by Gasteiger charge is 2.26. The van der Waals surface area contributed by atoms with Crippen LogP contribution in [-0.4, -0.2) is 36.1 Å². The van der Waals surface area contributed by atoms with Gasteiger partial charge in [-0.2, -0.15) is 0 Å². The first kappa shape index (κ1) is 36.3. The number of anilines is 2. The van der Waals surface area contributed by atoms with Gasteiger partial charge >= 0.3 is 5.97 Å². The fourth-order valence-corrected chi connectivity index (χ4v) is 7.98. The van der Waals surface area contributed by atoms with E-state index in [4.69, 9.17) is 4.74 Å². The largest absolute Gasteiger partial charge is 0.462 e. The number of thioether (sulfide) groups is 1. The van der Waals surface area contributed by atoms with Gasteiger partial charge in [-0.3, -0.25) is 14.4 Å². The molecule has 10 heteroatoms. The third-order valence-electron chi connectivity index (χ3n) is 8.47. The lowest BCUT2D eigenvalue weighted by molar-refractivity contribution is -0.114. The molecule has 1 aromatic heterocycles. The normalized spacial score (nSPS) is 12.6. The molecule has 0 fully saturated rings. The second-order valence-corrected chi connectivity index (χ2v) is 14.3. The average Bonchev–Trinajstić information content (AvgIpc) is 3.34. The molecule has 3 N–H and O–H groups in total. The van der Waals surface area contributed by atoms with Crippen LogP contribution in [0, 0.1) is 0 Å². The number of thiophene rings is 1. The quantitative estimate of drug-likeness (QED) is 0.0512. The number of nitrogens with one attached hydrogen (secondary N) is 3. The Bertz CT molecular complexity index is 2080. The second-order valence-electron chi connectivity index (χ2n) is 12.2. The predicted octanol–water partition coefficient (Wildman–Crippen LogP) is 9.00. The molecule has 1 heterocycles. The van der Waals surface area contributed by atoms with Crippen LogP contribution < -0.4 is 16.0 Å². The summed E-state index contributed by atoms with van der Waals surface area (Å²) in [5, 5.41) is 9.20. The Morgan fingerprint density at radius 2 is 1.50 bits per heavy atom. The molecule has 5 aromatic rings. The van der Waals surface area contributed by atoms with E-state index in [1.165, 1.54) is 23.1 Å². The molecular weight excluding hydrogens is 691 g/mol. The number of hydrogen-bond acceptors (Lipinski definition) is 7. The zero-order chi connectivity index (χ0) is 36.3. The van der Waals surface area contributed by atoms with Gasteiger partial charge in [0.15, 0.2) is 0 Å². The van der Waals surface area contributed by atoms with Crippen LogP contribution in [0.4, 0.5) is 10.7 Å². The minimum Gasteiger partial charge on any atom is -0.462 e. The predicted molar refractivity (Wildman–Crippen MR) is 210 cm³/mol. The van der Waals surface area contributed by atoms with Crippen molar-refractivity contribution >= 4 is 63.6 Å². The molecule has 0 spiro atoms. The highest BCUT2D eigenvalue weighted by atomic mass is 32.2. The molecule has 4 aromatic carbocycles. The topological polar surface area (TPSA) is 114 Å². The Morgan fingerprint density at radius 1 is 0.788 bits per heavy atom. The molecule has 8 nitrogen and oxygen atoms in total. The molecule has 1 aliphatic rings. The van der Waals surface area contributed by atoms with Crippen molar-refractivity contribution in [3.8, 4) is 11.1 Å². The summed E-state index contributed by atoms with van der Waals surface area (Å²) >= 11 is 2.78. The van der Waals surface area contributed by atoms with E-state index in [1.807, 2.05) is 66.7 Å². The zero-order valence-corrected chi connectivity index (χ0v) is 30.4. The van der Waals surface area contributed by atoms with E-state index in [1.54, 1.807) is 55.5 Å². The van der Waals surface area contributed by atoms with E-state index >= 15 is 0 Å². The maximum Gasteiger partial charge on any atom is 0.341 e. The highest BCUT2D eigenvalue weighted by molar-refractivity contribution is 8.00. The number of aryl methyl sites for hydroxylation is 1. The lowest BCUT2D eigenvalue weighted by Gasteiger charge is -2.12. The van der Waals surface area contributed by atoms with Crippen molar-refractivity contribution in [1.29, 1.82) is 0 Å². The van der Waals surface area contributed by atoms with Gasteiger partial charge in [0.05, 0.1) is 17.9 Å². The summed E-state index contributed by atoms with van der Waals surface area (Å²) in [5.41, 5.74) is 5.33. The second kappa shape index (κ2) is 17.7. The zero-order valence-electron chi connectivity index (χ0n) is 28.8. The van der Waals surface area contributed by atoms with Crippen LogP contribution in [0.15, 0.2) is 120 Å². The fourth-order valence-electron chi connectivity index (χ4n) is 5.94. The van der Waals surface area contributed by atoms with Gasteiger partial charge in [-0.15, -0.1) is 23.1 Å². The van der Waals surface area contributed by atoms with Gasteiger partial charge in [0.25, 0.3) is 11.8 Å². The Hall–Kier alpha value is -5.45. The lowest BCUT2D eigenvalue weighted by Crippen LogP contribution is -2.30. The molecule has 0 saturated carbocycles. The van der Waals surface area contributed by atoms with Crippen LogP contribution >= 0.6 is 23.1 Å². The summed E-state index contributed by atoms with van der Waals surface area (Å²) in [6, 6.07) is 33.6. The van der Waals surface area contributed by atoms with E-state index in [9.17, 15) is 19.2 Å². The Labute approximate surface area is 311 Å². The van der Waals surface area contributed by atoms with Gasteiger partial charge in [-0.05, 0) is 91.3 Å². The van der Waals surface area contributed by atoms with Crippen LogP contribution in [-0.2, 0) is 27.2 Å². The first-order valence-corrected chi connectivity index (χ1v) is 19.1. The third kappa shape index (κ3) is 9.45. The maximum absolute atomic E-state index is 13.7. The minimum absolute atomic E-state index is 0.0745. The molecule has 3 amide bonds. The summed E-state index contributed by atoms with van der Waals surface area (Å²) in [4.78, 5) is 54.8. The number of amides is 3. The van der Waals surface area contributed by atoms with Crippen LogP contribution in [0.5, 0.6) is 0 Å². The Kier molecular flexibility index (Phi) is 12.3. The van der Waals surface area contributed by atoms with Gasteiger partial charge in [-0.25, -0.2) is 4.79 Å². The molecule has 0 unspecified atom stereocenters. The van der Waals surface area contributed by atoms with Crippen LogP contribution in [0.3, 0.4) is 0 Å². The molecule has 264 valence electrons. The van der Waals surface area contributed by atoms with E-state index in [0.717, 1.165) is 64.1 Å². The van der Waals surface area contributed by atoms with Crippen molar-refractivity contribution < 1.29 is 23.9 Å². The van der Waals surface area contributed by atoms with Crippen LogP contribution in [0.2, 0.25) is 0 Å². The SMILES string of the molecule is CCOC(=O)c1c(NC(=O)CSc2cccc(NC(=O)/C(=C\c3ccc(-c4ccccc4)cc3)NC(=O)c3ccccc3)c2)sc2c1CCCCC2. The molecule has 52 heavy (non-hydrogen) atoms. The number of benzene rings is 4. The number of carbonyl (C=O) groups excluding carboxylic acids is 4. The highest BCUT2D eigenvalue weighted by Crippen LogP contribution is 2.38. The third-order valence-corrected chi connectivity index (χ3v) is 10.7. The van der Waals surface area contributed by atoms with Gasteiger partial charge < -0.3 is 20.7 Å². The molecular formula is C42H39N3O5S2. The molecule has 1 aliphatic carbocycles. The van der Waals surface area contributed by atoms with Crippen LogP contribution in [0.25, 0.3) is 17.2 Å². The number of rotatable bonds is 12. The van der Waals surface area contributed by atoms with Gasteiger partial charge in [0, 0.05) is 21.0 Å². The summed E-state index contributed by atoms with van der Waals surface area (Å²) in [6.45, 7) is 2.04. The molecule has 0 aliphatic heterocycles. The van der Waals surface area contributed by atoms with Gasteiger partial charge in [-0.1, -0.05) is 85.3 Å². The summed E-state index contributed by atoms with van der Waals surface area (Å²) in [5.74, 6) is -1.45. The lowest BCUT2D eigenvalue weighted by atomic mass is 10.0. The summed E-state index contributed by atoms with van der Waals surface area (Å²) < 4.78 is 5.35. The number of carbonyl (C=O) groups is 4. The smallest absolute Gasteiger partial charge is 0.341 e. The van der Waals surface area contributed by atoms with Gasteiger partial charge in [0.2, 0.25) is 5.91 Å². The van der Waals surface area contributed by atoms with Gasteiger partial charge in [0.1, 0.15) is 10.7 Å². The first-order valence-electron chi connectivity index (χ1n) is 17.3. The number of ether oxygens (including phenoxy) is 1. The Morgan fingerprint density at radius 3 is 2.25 bits per heavy atom. The fraction of sp³-hybridized carbons (Fsp3) is 0.190. The van der Waals surface area contributed by atoms with E-state index in [-0.39, 0.29) is 24.0 Å². The minimum atomic E-state index is -0.500. The van der Waals surface area contributed by atoms with Crippen molar-refractivity contribution in [2.24, 2.45) is 0 Å².